The van der Waals surface area contributed by atoms with E-state index in [-0.39, 0.29) is 0 Å². The molecular weight excluding hydrogens is 478 g/mol. The fourth-order valence-corrected chi connectivity index (χ4v) is 4.87. The van der Waals surface area contributed by atoms with Crippen LogP contribution in [0.2, 0.25) is 5.15 Å². The van der Waals surface area contributed by atoms with Gasteiger partial charge in [-0.25, -0.2) is 9.97 Å². The first-order valence-electron chi connectivity index (χ1n) is 7.94. The molecule has 2 heterocycles. The molecule has 0 aliphatic heterocycles. The molecule has 0 spiro atoms. The van der Waals surface area contributed by atoms with Crippen LogP contribution in [0.25, 0.3) is 44.1 Å². The second-order valence-corrected chi connectivity index (χ2v) is 8.08. The van der Waals surface area contributed by atoms with Crippen LogP contribution in [0, 0.1) is 0 Å². The number of hydrogen-bond donors (Lipinski definition) is 1. The van der Waals surface area contributed by atoms with Crippen molar-refractivity contribution in [2.75, 3.05) is 0 Å². The van der Waals surface area contributed by atoms with E-state index in [9.17, 15) is 0 Å². The zero-order valence-electron chi connectivity index (χ0n) is 13.2. The summed E-state index contributed by atoms with van der Waals surface area (Å²) in [4.78, 5) is 13.0. The van der Waals surface area contributed by atoms with Crippen LogP contribution >= 0.6 is 43.5 Å². The SMILES string of the molecule is Clc1ccc2c(n1)c1ccccc1c1[nH]c(-c3c(Br)cccc3Br)nc21. The summed E-state index contributed by atoms with van der Waals surface area (Å²) in [5, 5.41) is 3.59. The molecule has 0 atom stereocenters. The van der Waals surface area contributed by atoms with Crippen molar-refractivity contribution >= 4 is 76.2 Å². The van der Waals surface area contributed by atoms with E-state index in [4.69, 9.17) is 16.6 Å². The van der Waals surface area contributed by atoms with Gasteiger partial charge in [0.1, 0.15) is 11.0 Å². The topological polar surface area (TPSA) is 41.6 Å². The molecule has 3 nitrogen and oxygen atoms in total. The molecule has 0 radical (unpaired) electrons. The maximum absolute atomic E-state index is 6.16. The fraction of sp³-hybridized carbons (Fsp3) is 0. The highest BCUT2D eigenvalue weighted by atomic mass is 79.9. The molecule has 0 saturated carbocycles. The lowest BCUT2D eigenvalue weighted by Gasteiger charge is -2.05. The smallest absolute Gasteiger partial charge is 0.140 e. The minimum Gasteiger partial charge on any atom is -0.337 e. The van der Waals surface area contributed by atoms with E-state index in [2.05, 4.69) is 54.0 Å². The predicted molar refractivity (Wildman–Crippen MR) is 115 cm³/mol. The Kier molecular flexibility index (Phi) is 3.78. The van der Waals surface area contributed by atoms with Gasteiger partial charge in [-0.1, -0.05) is 41.9 Å². The average Bonchev–Trinajstić information content (AvgIpc) is 3.07. The van der Waals surface area contributed by atoms with E-state index in [1.165, 1.54) is 0 Å². The van der Waals surface area contributed by atoms with Crippen molar-refractivity contribution in [3.8, 4) is 11.4 Å². The number of aromatic amines is 1. The van der Waals surface area contributed by atoms with Crippen LogP contribution in [-0.4, -0.2) is 15.0 Å². The maximum atomic E-state index is 6.16. The number of nitrogens with zero attached hydrogens (tertiary/aromatic N) is 2. The van der Waals surface area contributed by atoms with Gasteiger partial charge in [-0.05, 0) is 56.1 Å². The fourth-order valence-electron chi connectivity index (χ4n) is 3.34. The zero-order chi connectivity index (χ0) is 17.8. The standard InChI is InChI=1S/C20H10Br2ClN3/c21-13-6-3-7-14(22)16(13)20-25-18-11-5-2-1-4-10(11)17-12(19(18)26-20)8-9-15(23)24-17/h1-9H,(H,25,26). The number of aromatic nitrogens is 3. The molecule has 0 bridgehead atoms. The summed E-state index contributed by atoms with van der Waals surface area (Å²) in [5.41, 5.74) is 3.74. The van der Waals surface area contributed by atoms with Crippen molar-refractivity contribution in [1.29, 1.82) is 0 Å². The summed E-state index contributed by atoms with van der Waals surface area (Å²) >= 11 is 13.4. The normalized spacial score (nSPS) is 11.7. The van der Waals surface area contributed by atoms with Gasteiger partial charge in [0.25, 0.3) is 0 Å². The number of halogens is 3. The molecule has 3 aromatic carbocycles. The number of nitrogens with one attached hydrogen (secondary N) is 1. The minimum atomic E-state index is 0.478. The lowest BCUT2D eigenvalue weighted by atomic mass is 10.0. The highest BCUT2D eigenvalue weighted by Crippen LogP contribution is 2.38. The third-order valence-corrected chi connectivity index (χ3v) is 6.00. The van der Waals surface area contributed by atoms with E-state index in [1.54, 1.807) is 6.07 Å². The molecule has 0 saturated heterocycles. The van der Waals surface area contributed by atoms with Gasteiger partial charge in [0.15, 0.2) is 0 Å². The van der Waals surface area contributed by atoms with Gasteiger partial charge in [-0.3, -0.25) is 0 Å². The van der Waals surface area contributed by atoms with Crippen LogP contribution in [-0.2, 0) is 0 Å². The van der Waals surface area contributed by atoms with Crippen molar-refractivity contribution in [2.24, 2.45) is 0 Å². The first-order valence-corrected chi connectivity index (χ1v) is 9.91. The monoisotopic (exact) mass is 485 g/mol. The van der Waals surface area contributed by atoms with E-state index < -0.39 is 0 Å². The molecular formula is C20H10Br2ClN3. The number of H-pyrrole nitrogens is 1. The van der Waals surface area contributed by atoms with E-state index in [0.717, 1.165) is 53.0 Å². The third-order valence-electron chi connectivity index (χ3n) is 4.47. The van der Waals surface area contributed by atoms with Crippen LogP contribution in [0.3, 0.4) is 0 Å². The number of pyridine rings is 1. The molecule has 126 valence electrons. The Labute approximate surface area is 170 Å². The highest BCUT2D eigenvalue weighted by Gasteiger charge is 2.17. The molecule has 5 aromatic rings. The Bertz CT molecular complexity index is 1310. The zero-order valence-corrected chi connectivity index (χ0v) is 17.2. The number of fused-ring (bicyclic) bond motifs is 6. The second kappa shape index (κ2) is 6.05. The second-order valence-electron chi connectivity index (χ2n) is 5.98. The van der Waals surface area contributed by atoms with Crippen molar-refractivity contribution in [3.63, 3.8) is 0 Å². The van der Waals surface area contributed by atoms with E-state index in [0.29, 0.717) is 5.15 Å². The molecule has 2 aromatic heterocycles. The Hall–Kier alpha value is -1.95. The van der Waals surface area contributed by atoms with Gasteiger partial charge in [0.05, 0.1) is 16.6 Å². The number of rotatable bonds is 1. The van der Waals surface area contributed by atoms with Crippen LogP contribution in [0.1, 0.15) is 0 Å². The Morgan fingerprint density at radius 2 is 1.46 bits per heavy atom. The van der Waals surface area contributed by atoms with E-state index >= 15 is 0 Å². The number of imidazole rings is 1. The van der Waals surface area contributed by atoms with Gasteiger partial charge in [-0.15, -0.1) is 0 Å². The molecule has 0 aliphatic rings. The summed E-state index contributed by atoms with van der Waals surface area (Å²) in [6.07, 6.45) is 0. The lowest BCUT2D eigenvalue weighted by Crippen LogP contribution is -1.85. The van der Waals surface area contributed by atoms with Crippen LogP contribution in [0.5, 0.6) is 0 Å². The van der Waals surface area contributed by atoms with Gasteiger partial charge in [0, 0.05) is 30.7 Å². The molecule has 26 heavy (non-hydrogen) atoms. The highest BCUT2D eigenvalue weighted by molar-refractivity contribution is 9.11. The molecule has 0 fully saturated rings. The summed E-state index contributed by atoms with van der Waals surface area (Å²) in [5.74, 6) is 0.798. The maximum Gasteiger partial charge on any atom is 0.140 e. The Morgan fingerprint density at radius 1 is 0.731 bits per heavy atom. The van der Waals surface area contributed by atoms with Crippen molar-refractivity contribution < 1.29 is 0 Å². The summed E-state index contributed by atoms with van der Waals surface area (Å²) in [6, 6.07) is 18.0. The summed E-state index contributed by atoms with van der Waals surface area (Å²) < 4.78 is 1.95. The average molecular weight is 488 g/mol. The van der Waals surface area contributed by atoms with Gasteiger partial charge < -0.3 is 4.98 Å². The minimum absolute atomic E-state index is 0.478. The molecule has 0 amide bonds. The molecule has 0 unspecified atom stereocenters. The molecule has 0 aliphatic carbocycles. The predicted octanol–water partition coefficient (Wildman–Crippen LogP) is 7.11. The summed E-state index contributed by atoms with van der Waals surface area (Å²) in [6.45, 7) is 0. The molecule has 5 rings (SSSR count). The largest absolute Gasteiger partial charge is 0.337 e. The van der Waals surface area contributed by atoms with Crippen molar-refractivity contribution in [2.45, 2.75) is 0 Å². The quantitative estimate of drug-likeness (QED) is 0.202. The number of benzene rings is 3. The molecule has 1 N–H and O–H groups in total. The first-order chi connectivity index (χ1) is 12.6. The van der Waals surface area contributed by atoms with Gasteiger partial charge >= 0.3 is 0 Å². The van der Waals surface area contributed by atoms with Crippen molar-refractivity contribution in [3.05, 3.63) is 68.7 Å². The van der Waals surface area contributed by atoms with E-state index in [1.807, 2.05) is 36.4 Å². The van der Waals surface area contributed by atoms with Crippen molar-refractivity contribution in [1.82, 2.24) is 15.0 Å². The summed E-state index contributed by atoms with van der Waals surface area (Å²) in [7, 11) is 0. The Balaban J connectivity index is 1.98. The first kappa shape index (κ1) is 16.2. The molecule has 6 heteroatoms. The Morgan fingerprint density at radius 3 is 2.23 bits per heavy atom. The van der Waals surface area contributed by atoms with Gasteiger partial charge in [-0.2, -0.15) is 0 Å². The van der Waals surface area contributed by atoms with Crippen LogP contribution in [0.15, 0.2) is 63.5 Å². The third kappa shape index (κ3) is 2.38. The number of hydrogen-bond acceptors (Lipinski definition) is 2. The van der Waals surface area contributed by atoms with Crippen LogP contribution in [0.4, 0.5) is 0 Å². The van der Waals surface area contributed by atoms with Crippen LogP contribution < -0.4 is 0 Å². The lowest BCUT2D eigenvalue weighted by molar-refractivity contribution is 1.32. The van der Waals surface area contributed by atoms with Gasteiger partial charge in [0.2, 0.25) is 0 Å².